The quantitative estimate of drug-likeness (QED) is 0.693. The van der Waals surface area contributed by atoms with E-state index in [-0.39, 0.29) is 16.8 Å². The minimum atomic E-state index is -0.190. The summed E-state index contributed by atoms with van der Waals surface area (Å²) in [5.41, 5.74) is -0.00408. The molecule has 1 rings (SSSR count). The van der Waals surface area contributed by atoms with E-state index in [0.717, 1.165) is 19.4 Å². The van der Waals surface area contributed by atoms with Gasteiger partial charge < -0.3 is 9.64 Å². The Balaban J connectivity index is 2.48. The number of nitrogens with zero attached hydrogens (tertiary/aromatic N) is 1. The van der Waals surface area contributed by atoms with Crippen LogP contribution in [0.1, 0.15) is 40.5 Å². The number of esters is 1. The molecule has 0 heterocycles. The highest BCUT2D eigenvalue weighted by atomic mass is 16.5. The zero-order valence-electron chi connectivity index (χ0n) is 12.2. The molecule has 0 radical (unpaired) electrons. The Morgan fingerprint density at radius 3 is 2.29 bits per heavy atom. The Morgan fingerprint density at radius 1 is 1.41 bits per heavy atom. The summed E-state index contributed by atoms with van der Waals surface area (Å²) >= 11 is 0. The second-order valence-electron chi connectivity index (χ2n) is 6.94. The van der Waals surface area contributed by atoms with Crippen LogP contribution in [0.4, 0.5) is 0 Å². The number of carbonyl (C=O) groups is 1. The highest BCUT2D eigenvalue weighted by Crippen LogP contribution is 2.59. The topological polar surface area (TPSA) is 29.5 Å². The Hall–Kier alpha value is -0.570. The van der Waals surface area contributed by atoms with Gasteiger partial charge in [0.2, 0.25) is 0 Å². The summed E-state index contributed by atoms with van der Waals surface area (Å²) in [5, 5.41) is 0. The monoisotopic (exact) mass is 241 g/mol. The molecular weight excluding hydrogens is 214 g/mol. The van der Waals surface area contributed by atoms with Crippen LogP contribution in [0.3, 0.4) is 0 Å². The third-order valence-electron chi connectivity index (χ3n) is 3.48. The molecule has 1 aliphatic rings. The number of hydrogen-bond acceptors (Lipinski definition) is 3. The maximum Gasteiger partial charge on any atom is 0.312 e. The van der Waals surface area contributed by atoms with E-state index >= 15 is 0 Å². The first-order valence-electron chi connectivity index (χ1n) is 6.49. The lowest BCUT2D eigenvalue weighted by Gasteiger charge is -2.25. The van der Waals surface area contributed by atoms with Crippen LogP contribution in [-0.2, 0) is 9.53 Å². The fourth-order valence-corrected chi connectivity index (χ4v) is 2.50. The van der Waals surface area contributed by atoms with Crippen molar-refractivity contribution < 1.29 is 9.53 Å². The molecule has 0 spiro atoms. The van der Waals surface area contributed by atoms with Crippen molar-refractivity contribution in [3.8, 4) is 0 Å². The summed E-state index contributed by atoms with van der Waals surface area (Å²) in [6.45, 7) is 10.0. The number of ether oxygens (including phenoxy) is 1. The van der Waals surface area contributed by atoms with E-state index in [4.69, 9.17) is 4.74 Å². The summed E-state index contributed by atoms with van der Waals surface area (Å²) in [4.78, 5) is 14.2. The molecule has 3 nitrogen and oxygen atoms in total. The van der Waals surface area contributed by atoms with Crippen molar-refractivity contribution in [1.29, 1.82) is 0 Å². The first-order chi connectivity index (χ1) is 7.67. The molecule has 0 saturated heterocycles. The number of carbonyl (C=O) groups excluding carboxylic acids is 1. The van der Waals surface area contributed by atoms with Gasteiger partial charge in [0.05, 0.1) is 5.41 Å². The third kappa shape index (κ3) is 3.98. The summed E-state index contributed by atoms with van der Waals surface area (Å²) < 4.78 is 5.42. The lowest BCUT2D eigenvalue weighted by molar-refractivity contribution is -0.152. The Labute approximate surface area is 106 Å². The Morgan fingerprint density at radius 2 is 1.94 bits per heavy atom. The molecule has 0 aliphatic heterocycles. The van der Waals surface area contributed by atoms with E-state index in [2.05, 4.69) is 27.7 Å². The van der Waals surface area contributed by atoms with Crippen LogP contribution in [0, 0.1) is 16.7 Å². The zero-order valence-corrected chi connectivity index (χ0v) is 12.2. The molecule has 0 bridgehead atoms. The van der Waals surface area contributed by atoms with Gasteiger partial charge in [0.25, 0.3) is 0 Å². The van der Waals surface area contributed by atoms with E-state index in [1.807, 2.05) is 19.0 Å². The Kier molecular flexibility index (Phi) is 4.23. The first-order valence-corrected chi connectivity index (χ1v) is 6.49. The van der Waals surface area contributed by atoms with Gasteiger partial charge in [0.15, 0.2) is 0 Å². The predicted molar refractivity (Wildman–Crippen MR) is 69.8 cm³/mol. The van der Waals surface area contributed by atoms with E-state index < -0.39 is 0 Å². The normalized spacial score (nSPS) is 28.3. The van der Waals surface area contributed by atoms with Crippen LogP contribution in [0.25, 0.3) is 0 Å². The van der Waals surface area contributed by atoms with Crippen LogP contribution in [0.2, 0.25) is 0 Å². The van der Waals surface area contributed by atoms with Crippen LogP contribution >= 0.6 is 0 Å². The molecule has 0 aromatic heterocycles. The van der Waals surface area contributed by atoms with Gasteiger partial charge in [-0.05, 0) is 38.3 Å². The molecule has 1 saturated carbocycles. The highest BCUT2D eigenvalue weighted by Gasteiger charge is 2.59. The van der Waals surface area contributed by atoms with Gasteiger partial charge in [0, 0.05) is 6.54 Å². The van der Waals surface area contributed by atoms with Gasteiger partial charge in [-0.3, -0.25) is 4.79 Å². The van der Waals surface area contributed by atoms with Gasteiger partial charge in [-0.25, -0.2) is 0 Å². The summed E-state index contributed by atoms with van der Waals surface area (Å²) in [6.07, 6.45) is 1.92. The van der Waals surface area contributed by atoms with Gasteiger partial charge >= 0.3 is 5.97 Å². The average molecular weight is 241 g/mol. The van der Waals surface area contributed by atoms with Gasteiger partial charge in [0.1, 0.15) is 6.61 Å². The smallest absolute Gasteiger partial charge is 0.312 e. The van der Waals surface area contributed by atoms with Crippen LogP contribution in [0.5, 0.6) is 0 Å². The second-order valence-corrected chi connectivity index (χ2v) is 6.94. The minimum Gasteiger partial charge on any atom is -0.464 e. The largest absolute Gasteiger partial charge is 0.464 e. The molecule has 2 unspecified atom stereocenters. The third-order valence-corrected chi connectivity index (χ3v) is 3.48. The number of rotatable bonds is 5. The van der Waals surface area contributed by atoms with Gasteiger partial charge in [-0.2, -0.15) is 0 Å². The van der Waals surface area contributed by atoms with E-state index in [1.165, 1.54) is 0 Å². The lowest BCUT2D eigenvalue weighted by atomic mass is 9.81. The summed E-state index contributed by atoms with van der Waals surface area (Å²) in [6, 6.07) is 0. The van der Waals surface area contributed by atoms with E-state index in [0.29, 0.717) is 12.5 Å². The van der Waals surface area contributed by atoms with Crippen LogP contribution < -0.4 is 0 Å². The van der Waals surface area contributed by atoms with Crippen LogP contribution in [0.15, 0.2) is 0 Å². The van der Waals surface area contributed by atoms with Crippen molar-refractivity contribution in [3.05, 3.63) is 0 Å². The molecule has 0 amide bonds. The van der Waals surface area contributed by atoms with Crippen molar-refractivity contribution in [2.45, 2.75) is 40.5 Å². The van der Waals surface area contributed by atoms with Crippen molar-refractivity contribution >= 4 is 5.97 Å². The maximum atomic E-state index is 12.2. The lowest BCUT2D eigenvalue weighted by Crippen LogP contribution is -2.29. The first kappa shape index (κ1) is 14.5. The Bertz CT molecular complexity index is 280. The molecule has 17 heavy (non-hydrogen) atoms. The summed E-state index contributed by atoms with van der Waals surface area (Å²) in [5.74, 6) is 0.496. The number of hydrogen-bond donors (Lipinski definition) is 0. The average Bonchev–Trinajstić information content (AvgIpc) is 2.73. The van der Waals surface area contributed by atoms with Gasteiger partial charge in [-0.15, -0.1) is 0 Å². The van der Waals surface area contributed by atoms with Crippen LogP contribution in [-0.4, -0.2) is 38.1 Å². The van der Waals surface area contributed by atoms with Crippen molar-refractivity contribution in [2.24, 2.45) is 16.7 Å². The minimum absolute atomic E-state index is 0.0155. The SMILES string of the molecule is CC1CC1(CC(C)(C)C)C(=O)OCCN(C)C. The molecule has 0 aromatic carbocycles. The fraction of sp³-hybridized carbons (Fsp3) is 0.929. The van der Waals surface area contributed by atoms with E-state index in [1.54, 1.807) is 0 Å². The van der Waals surface area contributed by atoms with Crippen molar-refractivity contribution in [1.82, 2.24) is 4.90 Å². The highest BCUT2D eigenvalue weighted by molar-refractivity contribution is 5.80. The van der Waals surface area contributed by atoms with E-state index in [9.17, 15) is 4.79 Å². The molecule has 2 atom stereocenters. The van der Waals surface area contributed by atoms with Crippen molar-refractivity contribution in [3.63, 3.8) is 0 Å². The predicted octanol–water partition coefficient (Wildman–Crippen LogP) is 2.55. The standard InChI is InChI=1S/C14H27NO2/c1-11-9-14(11,10-13(2,3)4)12(16)17-8-7-15(5)6/h11H,7-10H2,1-6H3. The molecule has 0 aromatic rings. The number of likely N-dealkylation sites (N-methyl/N-ethyl adjacent to an activating group) is 1. The molecule has 100 valence electrons. The molecular formula is C14H27NO2. The van der Waals surface area contributed by atoms with Gasteiger partial charge in [-0.1, -0.05) is 27.7 Å². The van der Waals surface area contributed by atoms with Crippen molar-refractivity contribution in [2.75, 3.05) is 27.2 Å². The molecule has 1 fully saturated rings. The molecule has 3 heteroatoms. The second kappa shape index (κ2) is 4.97. The molecule has 0 N–H and O–H groups in total. The maximum absolute atomic E-state index is 12.2. The fourth-order valence-electron chi connectivity index (χ4n) is 2.50. The summed E-state index contributed by atoms with van der Waals surface area (Å²) in [7, 11) is 3.97. The zero-order chi connectivity index (χ0) is 13.3. The molecule has 1 aliphatic carbocycles.